The molecule has 3 rings (SSSR count). The first-order valence-corrected chi connectivity index (χ1v) is 9.29. The molecule has 1 heterocycles. The molecule has 5 heteroatoms. The first-order valence-electron chi connectivity index (χ1n) is 8.88. The highest BCUT2D eigenvalue weighted by Crippen LogP contribution is 2.32. The molecule has 0 saturated heterocycles. The number of benzene rings is 2. The van der Waals surface area contributed by atoms with Crippen LogP contribution in [0, 0.1) is 13.8 Å². The summed E-state index contributed by atoms with van der Waals surface area (Å²) in [4.78, 5) is 14.1. The quantitative estimate of drug-likeness (QED) is 0.770. The predicted molar refractivity (Wildman–Crippen MR) is 112 cm³/mol. The van der Waals surface area contributed by atoms with Gasteiger partial charge in [-0.2, -0.15) is 0 Å². The van der Waals surface area contributed by atoms with E-state index in [2.05, 4.69) is 25.2 Å². The molecule has 140 valence electrons. The summed E-state index contributed by atoms with van der Waals surface area (Å²) < 4.78 is 5.98. The van der Waals surface area contributed by atoms with Crippen molar-refractivity contribution < 1.29 is 9.53 Å². The van der Waals surface area contributed by atoms with Gasteiger partial charge in [-0.3, -0.25) is 4.79 Å². The van der Waals surface area contributed by atoms with Crippen LogP contribution in [0.2, 0.25) is 0 Å². The maximum atomic E-state index is 12.2. The number of rotatable bonds is 4. The molecule has 0 bridgehead atoms. The van der Waals surface area contributed by atoms with Crippen LogP contribution in [0.25, 0.3) is 0 Å². The van der Waals surface area contributed by atoms with E-state index in [1.807, 2.05) is 55.3 Å². The second-order valence-corrected chi connectivity index (χ2v) is 7.38. The number of ether oxygens (including phenoxy) is 1. The molecule has 2 aromatic rings. The summed E-state index contributed by atoms with van der Waals surface area (Å²) in [6.07, 6.45) is 0. The van der Waals surface area contributed by atoms with Crippen LogP contribution in [-0.4, -0.2) is 22.8 Å². The number of ketones is 1. The first kappa shape index (κ1) is 19.1. The normalized spacial score (nSPS) is 17.0. The molecule has 0 saturated carbocycles. The second kappa shape index (κ2) is 7.53. The molecule has 0 aromatic heterocycles. The summed E-state index contributed by atoms with van der Waals surface area (Å²) >= 11 is 5.40. The molecule has 1 aliphatic rings. The van der Waals surface area contributed by atoms with E-state index in [4.69, 9.17) is 17.0 Å². The van der Waals surface area contributed by atoms with Crippen LogP contribution >= 0.6 is 12.2 Å². The topological polar surface area (TPSA) is 41.6 Å². The van der Waals surface area contributed by atoms with Crippen LogP contribution in [0.4, 0.5) is 0 Å². The average molecular weight is 381 g/mol. The van der Waals surface area contributed by atoms with Crippen molar-refractivity contribution in [3.8, 4) is 11.5 Å². The van der Waals surface area contributed by atoms with E-state index in [0.29, 0.717) is 5.11 Å². The minimum absolute atomic E-state index is 0.0370. The van der Waals surface area contributed by atoms with Crippen LogP contribution < -0.4 is 10.1 Å². The minimum atomic E-state index is -0.249. The summed E-state index contributed by atoms with van der Waals surface area (Å²) in [7, 11) is 1.87. The zero-order valence-electron chi connectivity index (χ0n) is 16.3. The Morgan fingerprint density at radius 2 is 1.63 bits per heavy atom. The van der Waals surface area contributed by atoms with Crippen molar-refractivity contribution in [2.24, 2.45) is 0 Å². The second-order valence-electron chi connectivity index (χ2n) is 6.99. The largest absolute Gasteiger partial charge is 0.457 e. The van der Waals surface area contributed by atoms with Gasteiger partial charge in [0.05, 0.1) is 6.04 Å². The van der Waals surface area contributed by atoms with Crippen molar-refractivity contribution in [1.29, 1.82) is 0 Å². The Morgan fingerprint density at radius 3 is 2.19 bits per heavy atom. The van der Waals surface area contributed by atoms with Gasteiger partial charge in [-0.05, 0) is 80.9 Å². The molecule has 0 aliphatic carbocycles. The Kier molecular flexibility index (Phi) is 5.33. The van der Waals surface area contributed by atoms with Gasteiger partial charge in [-0.25, -0.2) is 0 Å². The number of nitrogens with one attached hydrogen (secondary N) is 1. The third kappa shape index (κ3) is 4.03. The van der Waals surface area contributed by atoms with E-state index in [1.165, 1.54) is 0 Å². The maximum Gasteiger partial charge on any atom is 0.173 e. The van der Waals surface area contributed by atoms with Crippen molar-refractivity contribution in [3.05, 3.63) is 70.4 Å². The number of thiocarbonyl (C=S) groups is 1. The highest BCUT2D eigenvalue weighted by Gasteiger charge is 2.30. The molecule has 0 fully saturated rings. The van der Waals surface area contributed by atoms with Crippen LogP contribution in [0.15, 0.2) is 53.7 Å². The number of hydrogen-bond donors (Lipinski definition) is 1. The highest BCUT2D eigenvalue weighted by molar-refractivity contribution is 7.80. The van der Waals surface area contributed by atoms with Crippen molar-refractivity contribution >= 4 is 23.1 Å². The molecular weight excluding hydrogens is 356 g/mol. The van der Waals surface area contributed by atoms with Gasteiger partial charge in [0, 0.05) is 18.3 Å². The Hall–Kier alpha value is -2.66. The number of nitrogens with zero attached hydrogens (tertiary/aromatic N) is 1. The van der Waals surface area contributed by atoms with E-state index in [9.17, 15) is 4.79 Å². The SMILES string of the molecule is CC(=O)C1=C(C)N(C)C(=S)NC1c1ccc(Oc2cc(C)cc(C)c2)cc1. The molecule has 1 atom stereocenters. The summed E-state index contributed by atoms with van der Waals surface area (Å²) in [5.41, 5.74) is 4.92. The fourth-order valence-corrected chi connectivity index (χ4v) is 3.65. The maximum absolute atomic E-state index is 12.2. The lowest BCUT2D eigenvalue weighted by Gasteiger charge is -2.35. The number of carbonyl (C=O) groups is 1. The molecule has 1 aliphatic heterocycles. The lowest BCUT2D eigenvalue weighted by molar-refractivity contribution is -0.114. The molecule has 27 heavy (non-hydrogen) atoms. The zero-order valence-corrected chi connectivity index (χ0v) is 17.1. The van der Waals surface area contributed by atoms with E-state index in [0.717, 1.165) is 39.5 Å². The first-order chi connectivity index (χ1) is 12.8. The van der Waals surface area contributed by atoms with E-state index < -0.39 is 0 Å². The minimum Gasteiger partial charge on any atom is -0.457 e. The van der Waals surface area contributed by atoms with Crippen molar-refractivity contribution in [3.63, 3.8) is 0 Å². The third-order valence-corrected chi connectivity index (χ3v) is 5.17. The molecule has 1 N–H and O–H groups in total. The van der Waals surface area contributed by atoms with Crippen LogP contribution in [0.3, 0.4) is 0 Å². The number of carbonyl (C=O) groups excluding carboxylic acids is 1. The van der Waals surface area contributed by atoms with Gasteiger partial charge in [-0.1, -0.05) is 18.2 Å². The van der Waals surface area contributed by atoms with Gasteiger partial charge in [0.15, 0.2) is 10.9 Å². The Morgan fingerprint density at radius 1 is 1.04 bits per heavy atom. The van der Waals surface area contributed by atoms with E-state index >= 15 is 0 Å². The van der Waals surface area contributed by atoms with Gasteiger partial charge in [0.25, 0.3) is 0 Å². The standard InChI is InChI=1S/C22H24N2O2S/c1-13-10-14(2)12-19(11-13)26-18-8-6-17(7-9-18)21-20(16(4)25)15(3)24(5)22(27)23-21/h6-12,21H,1-5H3,(H,23,27). The number of Topliss-reactive ketones (excluding diaryl/α,β-unsaturated/α-hetero) is 1. The summed E-state index contributed by atoms with van der Waals surface area (Å²) in [5, 5.41) is 3.88. The Balaban J connectivity index is 1.88. The van der Waals surface area contributed by atoms with Crippen molar-refractivity contribution in [1.82, 2.24) is 10.2 Å². The fraction of sp³-hybridized carbons (Fsp3) is 0.273. The lowest BCUT2D eigenvalue weighted by atomic mass is 9.92. The van der Waals surface area contributed by atoms with Gasteiger partial charge in [0.1, 0.15) is 11.5 Å². The van der Waals surface area contributed by atoms with Gasteiger partial charge in [-0.15, -0.1) is 0 Å². The molecule has 4 nitrogen and oxygen atoms in total. The smallest absolute Gasteiger partial charge is 0.173 e. The summed E-state index contributed by atoms with van der Waals surface area (Å²) in [6, 6.07) is 13.7. The van der Waals surface area contributed by atoms with E-state index in [-0.39, 0.29) is 11.8 Å². The van der Waals surface area contributed by atoms with Crippen LogP contribution in [0.1, 0.15) is 36.6 Å². The molecule has 0 radical (unpaired) electrons. The predicted octanol–water partition coefficient (Wildman–Crippen LogP) is 4.82. The summed E-state index contributed by atoms with van der Waals surface area (Å²) in [6.45, 7) is 7.62. The third-order valence-electron chi connectivity index (χ3n) is 4.78. The van der Waals surface area contributed by atoms with Crippen molar-refractivity contribution in [2.45, 2.75) is 33.7 Å². The van der Waals surface area contributed by atoms with Crippen LogP contribution in [-0.2, 0) is 4.79 Å². The van der Waals surface area contributed by atoms with Gasteiger partial charge < -0.3 is 15.0 Å². The van der Waals surface area contributed by atoms with Crippen LogP contribution in [0.5, 0.6) is 11.5 Å². The molecule has 2 aromatic carbocycles. The molecule has 0 amide bonds. The monoisotopic (exact) mass is 380 g/mol. The Labute approximate surface area is 165 Å². The molecule has 0 spiro atoms. The molecular formula is C22H24N2O2S. The van der Waals surface area contributed by atoms with E-state index in [1.54, 1.807) is 6.92 Å². The fourth-order valence-electron chi connectivity index (χ4n) is 3.40. The zero-order chi connectivity index (χ0) is 19.7. The number of aryl methyl sites for hydroxylation is 2. The van der Waals surface area contributed by atoms with Gasteiger partial charge >= 0.3 is 0 Å². The Bertz CT molecular complexity index is 912. The average Bonchev–Trinajstić information content (AvgIpc) is 2.58. The van der Waals surface area contributed by atoms with Gasteiger partial charge in [0.2, 0.25) is 0 Å². The van der Waals surface area contributed by atoms with Crippen molar-refractivity contribution in [2.75, 3.05) is 7.05 Å². The number of hydrogen-bond acceptors (Lipinski definition) is 3. The highest BCUT2D eigenvalue weighted by atomic mass is 32.1. The number of allylic oxidation sites excluding steroid dienone is 1. The molecule has 1 unspecified atom stereocenters. The lowest BCUT2D eigenvalue weighted by Crippen LogP contribution is -2.45. The summed E-state index contributed by atoms with van der Waals surface area (Å²) in [5.74, 6) is 1.61.